The molecule has 5 heteroatoms. The maximum Gasteiger partial charge on any atom is 0.162 e. The van der Waals surface area contributed by atoms with Crippen LogP contribution in [0.25, 0.3) is 0 Å². The molecule has 1 saturated heterocycles. The van der Waals surface area contributed by atoms with Crippen LogP contribution in [0.2, 0.25) is 0 Å². The van der Waals surface area contributed by atoms with Crippen LogP contribution in [0.5, 0.6) is 0 Å². The van der Waals surface area contributed by atoms with Crippen LogP contribution in [0.3, 0.4) is 0 Å². The lowest BCUT2D eigenvalue weighted by Crippen LogP contribution is -2.58. The molecule has 0 spiro atoms. The number of aliphatic hydroxyl groups excluding tert-OH is 1. The van der Waals surface area contributed by atoms with Crippen LogP contribution >= 0.6 is 0 Å². The van der Waals surface area contributed by atoms with Crippen molar-refractivity contribution in [1.29, 1.82) is 0 Å². The molecule has 1 aliphatic rings. The summed E-state index contributed by atoms with van der Waals surface area (Å²) < 4.78 is 26.4. The third-order valence-corrected chi connectivity index (χ3v) is 4.50. The summed E-state index contributed by atoms with van der Waals surface area (Å²) in [5.74, 6) is 0.0664. The molecule has 0 aliphatic carbocycles. The molecule has 4 nitrogen and oxygen atoms in total. The summed E-state index contributed by atoms with van der Waals surface area (Å²) in [6.45, 7) is 1.52. The quantitative estimate of drug-likeness (QED) is 0.616. The van der Waals surface area contributed by atoms with E-state index < -0.39 is 14.6 Å². The van der Waals surface area contributed by atoms with Crippen LogP contribution in [-0.2, 0) is 14.6 Å². The van der Waals surface area contributed by atoms with E-state index in [9.17, 15) is 8.42 Å². The standard InChI is InChI=1S/C6H12O4S/c1-2-11(8,9)6(3-7)4-10-5-6/h7H,2-5H2,1H3. The predicted molar refractivity (Wildman–Crippen MR) is 40.1 cm³/mol. The fourth-order valence-corrected chi connectivity index (χ4v) is 2.34. The van der Waals surface area contributed by atoms with Gasteiger partial charge in [-0.2, -0.15) is 0 Å². The highest BCUT2D eigenvalue weighted by molar-refractivity contribution is 7.92. The Morgan fingerprint density at radius 3 is 2.18 bits per heavy atom. The average molecular weight is 180 g/mol. The van der Waals surface area contributed by atoms with Crippen LogP contribution in [0.4, 0.5) is 0 Å². The van der Waals surface area contributed by atoms with Crippen LogP contribution in [-0.4, -0.2) is 43.8 Å². The number of ether oxygens (including phenoxy) is 1. The normalized spacial score (nSPS) is 22.7. The summed E-state index contributed by atoms with van der Waals surface area (Å²) in [7, 11) is -3.15. The van der Waals surface area contributed by atoms with Gasteiger partial charge in [-0.3, -0.25) is 0 Å². The minimum atomic E-state index is -3.15. The number of aliphatic hydroxyl groups is 1. The smallest absolute Gasteiger partial charge is 0.162 e. The molecule has 66 valence electrons. The first-order valence-corrected chi connectivity index (χ1v) is 5.14. The molecule has 0 amide bonds. The van der Waals surface area contributed by atoms with Gasteiger partial charge in [0, 0.05) is 5.75 Å². The van der Waals surface area contributed by atoms with E-state index in [1.54, 1.807) is 6.92 Å². The highest BCUT2D eigenvalue weighted by Crippen LogP contribution is 2.26. The second kappa shape index (κ2) is 2.73. The van der Waals surface area contributed by atoms with Crippen molar-refractivity contribution in [2.24, 2.45) is 0 Å². The fraction of sp³-hybridized carbons (Fsp3) is 1.00. The molecule has 1 fully saturated rings. The van der Waals surface area contributed by atoms with Crippen molar-refractivity contribution in [1.82, 2.24) is 0 Å². The molecule has 1 rings (SSSR count). The Labute approximate surface area is 66.1 Å². The molecule has 0 aromatic rings. The number of hydrogen-bond donors (Lipinski definition) is 1. The summed E-state index contributed by atoms with van der Waals surface area (Å²) in [6, 6.07) is 0. The summed E-state index contributed by atoms with van der Waals surface area (Å²) in [6.07, 6.45) is 0. The molecule has 11 heavy (non-hydrogen) atoms. The number of rotatable bonds is 3. The zero-order chi connectivity index (χ0) is 8.54. The van der Waals surface area contributed by atoms with Crippen LogP contribution < -0.4 is 0 Å². The summed E-state index contributed by atoms with van der Waals surface area (Å²) >= 11 is 0. The SMILES string of the molecule is CCS(=O)(=O)C1(CO)COC1. The third kappa shape index (κ3) is 1.17. The highest BCUT2D eigenvalue weighted by atomic mass is 32.2. The van der Waals surface area contributed by atoms with Crippen molar-refractivity contribution in [3.8, 4) is 0 Å². The van der Waals surface area contributed by atoms with Gasteiger partial charge in [0.2, 0.25) is 0 Å². The Kier molecular flexibility index (Phi) is 2.22. The summed E-state index contributed by atoms with van der Waals surface area (Å²) in [4.78, 5) is 0. The zero-order valence-electron chi connectivity index (χ0n) is 6.41. The minimum absolute atomic E-state index is 0.0664. The van der Waals surface area contributed by atoms with Crippen molar-refractivity contribution >= 4 is 9.84 Å². The van der Waals surface area contributed by atoms with Gasteiger partial charge in [0.1, 0.15) is 4.75 Å². The van der Waals surface area contributed by atoms with Crippen molar-refractivity contribution in [3.63, 3.8) is 0 Å². The first-order valence-electron chi connectivity index (χ1n) is 3.49. The van der Waals surface area contributed by atoms with Crippen LogP contribution in [0, 0.1) is 0 Å². The second-order valence-corrected chi connectivity index (χ2v) is 5.41. The van der Waals surface area contributed by atoms with Crippen LogP contribution in [0.1, 0.15) is 6.92 Å². The summed E-state index contributed by atoms with van der Waals surface area (Å²) in [5.41, 5.74) is 0. The first-order chi connectivity index (χ1) is 5.08. The Hall–Kier alpha value is -0.130. The Balaban J connectivity index is 2.86. The van der Waals surface area contributed by atoms with E-state index in [0.717, 1.165) is 0 Å². The maximum atomic E-state index is 11.3. The number of sulfone groups is 1. The first kappa shape index (κ1) is 8.96. The molecular formula is C6H12O4S. The average Bonchev–Trinajstić information content (AvgIpc) is 1.86. The van der Waals surface area contributed by atoms with E-state index >= 15 is 0 Å². The molecule has 0 radical (unpaired) electrons. The lowest BCUT2D eigenvalue weighted by Gasteiger charge is -2.38. The second-order valence-electron chi connectivity index (χ2n) is 2.74. The topological polar surface area (TPSA) is 63.6 Å². The molecule has 1 aliphatic heterocycles. The molecule has 1 N–H and O–H groups in total. The molecule has 0 unspecified atom stereocenters. The van der Waals surface area contributed by atoms with Crippen molar-refractivity contribution in [2.75, 3.05) is 25.6 Å². The van der Waals surface area contributed by atoms with E-state index in [1.165, 1.54) is 0 Å². The van der Waals surface area contributed by atoms with Gasteiger partial charge in [0.05, 0.1) is 19.8 Å². The fourth-order valence-electron chi connectivity index (χ4n) is 1.01. The van der Waals surface area contributed by atoms with Crippen molar-refractivity contribution < 1.29 is 18.3 Å². The van der Waals surface area contributed by atoms with Crippen LogP contribution in [0.15, 0.2) is 0 Å². The van der Waals surface area contributed by atoms with Gasteiger partial charge in [-0.05, 0) is 0 Å². The molecule has 0 aromatic carbocycles. The van der Waals surface area contributed by atoms with Crippen molar-refractivity contribution in [3.05, 3.63) is 0 Å². The molecular weight excluding hydrogens is 168 g/mol. The minimum Gasteiger partial charge on any atom is -0.395 e. The monoisotopic (exact) mass is 180 g/mol. The van der Waals surface area contributed by atoms with E-state index in [0.29, 0.717) is 0 Å². The third-order valence-electron chi connectivity index (χ3n) is 2.06. The molecule has 0 atom stereocenters. The van der Waals surface area contributed by atoms with E-state index in [-0.39, 0.29) is 25.6 Å². The van der Waals surface area contributed by atoms with Gasteiger partial charge in [0.15, 0.2) is 9.84 Å². The molecule has 0 bridgehead atoms. The molecule has 1 heterocycles. The Morgan fingerprint density at radius 1 is 1.55 bits per heavy atom. The molecule has 0 saturated carbocycles. The van der Waals surface area contributed by atoms with Crippen molar-refractivity contribution in [2.45, 2.75) is 11.7 Å². The van der Waals surface area contributed by atoms with Gasteiger partial charge in [-0.1, -0.05) is 6.92 Å². The van der Waals surface area contributed by atoms with Gasteiger partial charge in [-0.15, -0.1) is 0 Å². The highest BCUT2D eigenvalue weighted by Gasteiger charge is 2.49. The van der Waals surface area contributed by atoms with E-state index in [2.05, 4.69) is 0 Å². The Bertz CT molecular complexity index is 221. The largest absolute Gasteiger partial charge is 0.395 e. The van der Waals surface area contributed by atoms with Gasteiger partial charge < -0.3 is 9.84 Å². The van der Waals surface area contributed by atoms with E-state index in [4.69, 9.17) is 9.84 Å². The number of hydrogen-bond acceptors (Lipinski definition) is 4. The van der Waals surface area contributed by atoms with Gasteiger partial charge in [0.25, 0.3) is 0 Å². The lowest BCUT2D eigenvalue weighted by atomic mass is 10.1. The lowest BCUT2D eigenvalue weighted by molar-refractivity contribution is -0.0366. The predicted octanol–water partition coefficient (Wildman–Crippen LogP) is -0.818. The summed E-state index contributed by atoms with van der Waals surface area (Å²) in [5, 5.41) is 8.84. The van der Waals surface area contributed by atoms with Gasteiger partial charge >= 0.3 is 0 Å². The van der Waals surface area contributed by atoms with Gasteiger partial charge in [-0.25, -0.2) is 8.42 Å². The molecule has 0 aromatic heterocycles. The maximum absolute atomic E-state index is 11.3. The zero-order valence-corrected chi connectivity index (χ0v) is 7.23. The van der Waals surface area contributed by atoms with E-state index in [1.807, 2.05) is 0 Å². The Morgan fingerprint density at radius 2 is 2.09 bits per heavy atom.